The fourth-order valence-corrected chi connectivity index (χ4v) is 2.53. The zero-order valence-electron chi connectivity index (χ0n) is 9.81. The Bertz CT molecular complexity index is 579. The summed E-state index contributed by atoms with van der Waals surface area (Å²) in [7, 11) is 0. The summed E-state index contributed by atoms with van der Waals surface area (Å²) in [5, 5.41) is 14.7. The first-order valence-electron chi connectivity index (χ1n) is 5.21. The summed E-state index contributed by atoms with van der Waals surface area (Å²) >= 11 is 1.54. The molecule has 0 unspecified atom stereocenters. The zero-order valence-corrected chi connectivity index (χ0v) is 10.6. The highest BCUT2D eigenvalue weighted by atomic mass is 32.1. The van der Waals surface area contributed by atoms with Crippen LogP contribution in [0.4, 0.5) is 5.82 Å². The van der Waals surface area contributed by atoms with Crippen LogP contribution in [-0.4, -0.2) is 27.1 Å². The highest BCUT2D eigenvalue weighted by Crippen LogP contribution is 2.29. The molecule has 0 aliphatic carbocycles. The van der Waals surface area contributed by atoms with Crippen molar-refractivity contribution in [3.8, 4) is 0 Å². The predicted molar refractivity (Wildman–Crippen MR) is 67.6 cm³/mol. The molecule has 2 heterocycles. The first kappa shape index (κ1) is 11.8. The number of aliphatic carboxylic acids is 1. The molecule has 17 heavy (non-hydrogen) atoms. The molecule has 1 atom stereocenters. The van der Waals surface area contributed by atoms with E-state index in [0.717, 1.165) is 15.8 Å². The number of rotatable bonds is 3. The van der Waals surface area contributed by atoms with Crippen LogP contribution in [0.5, 0.6) is 0 Å². The minimum Gasteiger partial charge on any atom is -0.480 e. The summed E-state index contributed by atoms with van der Waals surface area (Å²) in [4.78, 5) is 20.3. The number of anilines is 1. The van der Waals surface area contributed by atoms with Crippen LogP contribution in [0.3, 0.4) is 0 Å². The van der Waals surface area contributed by atoms with Crippen molar-refractivity contribution in [3.05, 3.63) is 16.8 Å². The van der Waals surface area contributed by atoms with Crippen LogP contribution < -0.4 is 5.32 Å². The van der Waals surface area contributed by atoms with Gasteiger partial charge in [-0.25, -0.2) is 9.97 Å². The van der Waals surface area contributed by atoms with Crippen molar-refractivity contribution in [2.24, 2.45) is 0 Å². The van der Waals surface area contributed by atoms with Gasteiger partial charge in [0.05, 0.1) is 5.39 Å². The van der Waals surface area contributed by atoms with Crippen molar-refractivity contribution in [1.29, 1.82) is 0 Å². The summed E-state index contributed by atoms with van der Waals surface area (Å²) in [6.45, 7) is 5.35. The van der Waals surface area contributed by atoms with E-state index in [0.29, 0.717) is 11.6 Å². The lowest BCUT2D eigenvalue weighted by Crippen LogP contribution is -2.26. The number of hydrogen-bond acceptors (Lipinski definition) is 5. The smallest absolute Gasteiger partial charge is 0.325 e. The molecule has 5 nitrogen and oxygen atoms in total. The van der Waals surface area contributed by atoms with E-state index in [2.05, 4.69) is 15.3 Å². The number of nitrogens with one attached hydrogen (secondary N) is 1. The largest absolute Gasteiger partial charge is 0.480 e. The molecule has 0 fully saturated rings. The van der Waals surface area contributed by atoms with Gasteiger partial charge in [-0.2, -0.15) is 0 Å². The van der Waals surface area contributed by atoms with E-state index in [9.17, 15) is 4.79 Å². The van der Waals surface area contributed by atoms with Crippen molar-refractivity contribution < 1.29 is 9.90 Å². The molecule has 2 aromatic heterocycles. The number of nitrogens with zero attached hydrogens (tertiary/aromatic N) is 2. The first-order valence-corrected chi connectivity index (χ1v) is 6.09. The van der Waals surface area contributed by atoms with Gasteiger partial charge in [-0.3, -0.25) is 4.79 Å². The second-order valence-corrected chi connectivity index (χ2v) is 4.78. The fraction of sp³-hybridized carbons (Fsp3) is 0.364. The summed E-state index contributed by atoms with van der Waals surface area (Å²) in [5.41, 5.74) is 1.06. The van der Waals surface area contributed by atoms with Gasteiger partial charge in [0.15, 0.2) is 0 Å². The van der Waals surface area contributed by atoms with E-state index in [-0.39, 0.29) is 0 Å². The molecule has 0 saturated heterocycles. The van der Waals surface area contributed by atoms with Gasteiger partial charge in [0.1, 0.15) is 22.5 Å². The molecule has 0 saturated carbocycles. The van der Waals surface area contributed by atoms with E-state index in [4.69, 9.17) is 5.11 Å². The summed E-state index contributed by atoms with van der Waals surface area (Å²) in [6.07, 6.45) is 0. The highest BCUT2D eigenvalue weighted by Gasteiger charge is 2.15. The lowest BCUT2D eigenvalue weighted by molar-refractivity contribution is -0.137. The SMILES string of the molecule is Cc1nc(N[C@@H](C)C(=O)O)c2c(C)csc2n1. The van der Waals surface area contributed by atoms with Crippen molar-refractivity contribution >= 4 is 33.3 Å². The average Bonchev–Trinajstić information content (AvgIpc) is 2.59. The molecular weight excluding hydrogens is 238 g/mol. The molecular formula is C11H13N3O2S. The van der Waals surface area contributed by atoms with Gasteiger partial charge in [-0.05, 0) is 31.7 Å². The summed E-state index contributed by atoms with van der Waals surface area (Å²) in [6, 6.07) is -0.674. The molecule has 2 N–H and O–H groups in total. The van der Waals surface area contributed by atoms with Crippen LogP contribution in [0.25, 0.3) is 10.2 Å². The van der Waals surface area contributed by atoms with Crippen molar-refractivity contribution in [1.82, 2.24) is 9.97 Å². The van der Waals surface area contributed by atoms with Crippen molar-refractivity contribution in [2.75, 3.05) is 5.32 Å². The lowest BCUT2D eigenvalue weighted by atomic mass is 10.2. The molecule has 0 aliphatic heterocycles. The Morgan fingerprint density at radius 3 is 2.82 bits per heavy atom. The minimum absolute atomic E-state index is 0.598. The van der Waals surface area contributed by atoms with Crippen LogP contribution in [0.15, 0.2) is 5.38 Å². The number of aryl methyl sites for hydroxylation is 2. The maximum Gasteiger partial charge on any atom is 0.325 e. The van der Waals surface area contributed by atoms with Gasteiger partial charge in [0.2, 0.25) is 0 Å². The Balaban J connectivity index is 2.51. The van der Waals surface area contributed by atoms with Gasteiger partial charge < -0.3 is 10.4 Å². The maximum absolute atomic E-state index is 10.8. The average molecular weight is 251 g/mol. The van der Waals surface area contributed by atoms with Gasteiger partial charge in [0, 0.05) is 0 Å². The number of carbonyl (C=O) groups is 1. The molecule has 0 amide bonds. The van der Waals surface area contributed by atoms with Crippen LogP contribution in [0, 0.1) is 13.8 Å². The molecule has 0 aliphatic rings. The minimum atomic E-state index is -0.901. The first-order chi connectivity index (χ1) is 7.99. The zero-order chi connectivity index (χ0) is 12.6. The number of aromatic nitrogens is 2. The third-order valence-corrected chi connectivity index (χ3v) is 3.44. The normalized spacial score (nSPS) is 12.6. The molecule has 2 rings (SSSR count). The van der Waals surface area contributed by atoms with Gasteiger partial charge in [-0.1, -0.05) is 0 Å². The van der Waals surface area contributed by atoms with Crippen LogP contribution in [0.2, 0.25) is 0 Å². The topological polar surface area (TPSA) is 75.1 Å². The standard InChI is InChI=1S/C11H13N3O2S/c1-5-4-17-10-8(5)9(13-7(3)14-10)12-6(2)11(15)16/h4,6H,1-3H3,(H,15,16)(H,12,13,14)/t6-/m0/s1. The van der Waals surface area contributed by atoms with Crippen LogP contribution in [-0.2, 0) is 4.79 Å². The molecule has 6 heteroatoms. The molecule has 2 aromatic rings. The van der Waals surface area contributed by atoms with Crippen molar-refractivity contribution in [3.63, 3.8) is 0 Å². The maximum atomic E-state index is 10.8. The number of carboxylic acid groups (broad SMARTS) is 1. The van der Waals surface area contributed by atoms with Gasteiger partial charge in [0.25, 0.3) is 0 Å². The van der Waals surface area contributed by atoms with Gasteiger partial charge >= 0.3 is 5.97 Å². The van der Waals surface area contributed by atoms with E-state index in [1.54, 1.807) is 13.8 Å². The number of hydrogen-bond donors (Lipinski definition) is 2. The Morgan fingerprint density at radius 2 is 2.18 bits per heavy atom. The van der Waals surface area contributed by atoms with Gasteiger partial charge in [-0.15, -0.1) is 11.3 Å². The van der Waals surface area contributed by atoms with E-state index in [1.165, 1.54) is 11.3 Å². The monoisotopic (exact) mass is 251 g/mol. The second kappa shape index (κ2) is 4.29. The third-order valence-electron chi connectivity index (χ3n) is 2.45. The Kier molecular flexibility index (Phi) is 2.97. The molecule has 0 radical (unpaired) electrons. The lowest BCUT2D eigenvalue weighted by Gasteiger charge is -2.11. The quantitative estimate of drug-likeness (QED) is 0.874. The Morgan fingerprint density at radius 1 is 1.47 bits per heavy atom. The van der Waals surface area contributed by atoms with Crippen LogP contribution >= 0.6 is 11.3 Å². The number of thiophene rings is 1. The third kappa shape index (κ3) is 2.21. The fourth-order valence-electron chi connectivity index (χ4n) is 1.56. The van der Waals surface area contributed by atoms with E-state index >= 15 is 0 Å². The predicted octanol–water partition coefficient (Wildman–Crippen LogP) is 2.19. The molecule has 0 bridgehead atoms. The second-order valence-electron chi connectivity index (χ2n) is 3.92. The van der Waals surface area contributed by atoms with E-state index in [1.807, 2.05) is 12.3 Å². The number of fused-ring (bicyclic) bond motifs is 1. The van der Waals surface area contributed by atoms with Crippen molar-refractivity contribution in [2.45, 2.75) is 26.8 Å². The Hall–Kier alpha value is -1.69. The van der Waals surface area contributed by atoms with E-state index < -0.39 is 12.0 Å². The highest BCUT2D eigenvalue weighted by molar-refractivity contribution is 7.17. The molecule has 90 valence electrons. The Labute approximate surface area is 103 Å². The molecule has 0 spiro atoms. The molecule has 0 aromatic carbocycles. The summed E-state index contributed by atoms with van der Waals surface area (Å²) in [5.74, 6) is 0.336. The van der Waals surface area contributed by atoms with Crippen LogP contribution in [0.1, 0.15) is 18.3 Å². The number of carboxylic acids is 1. The summed E-state index contributed by atoms with van der Waals surface area (Å²) < 4.78 is 0.